The molecule has 1 aromatic heterocycles. The highest BCUT2D eigenvalue weighted by Gasteiger charge is 2.16. The normalized spacial score (nSPS) is 13.6. The second-order valence-electron chi connectivity index (χ2n) is 5.82. The molecule has 0 amide bonds. The van der Waals surface area contributed by atoms with E-state index < -0.39 is 10.0 Å². The molecule has 28 heavy (non-hydrogen) atoms. The lowest BCUT2D eigenvalue weighted by Gasteiger charge is -2.12. The molecule has 0 unspecified atom stereocenters. The summed E-state index contributed by atoms with van der Waals surface area (Å²) in [6.45, 7) is 1.54. The standard InChI is InChI=1S/C17H21ClN4O4S2/c1-19-17(20-7-6-12-2-3-13-14(10-12)26-11-25-13)21-8-9-22-28(23,24)16-5-4-15(18)27-16/h2-5,10,22H,6-9,11H2,1H3,(H2,19,20,21). The molecule has 1 aromatic carbocycles. The number of guanidine groups is 1. The minimum Gasteiger partial charge on any atom is -0.454 e. The number of hydrogen-bond acceptors (Lipinski definition) is 6. The molecule has 0 saturated carbocycles. The molecule has 0 atom stereocenters. The summed E-state index contributed by atoms with van der Waals surface area (Å²) in [5, 5.41) is 6.26. The van der Waals surface area contributed by atoms with Gasteiger partial charge in [-0.1, -0.05) is 17.7 Å². The van der Waals surface area contributed by atoms with E-state index in [0.29, 0.717) is 23.4 Å². The van der Waals surface area contributed by atoms with Crippen LogP contribution in [0.15, 0.2) is 39.5 Å². The average molecular weight is 445 g/mol. The first-order chi connectivity index (χ1) is 13.5. The maximum Gasteiger partial charge on any atom is 0.250 e. The summed E-state index contributed by atoms with van der Waals surface area (Å²) in [7, 11) is -1.88. The van der Waals surface area contributed by atoms with Gasteiger partial charge in [-0.15, -0.1) is 11.3 Å². The summed E-state index contributed by atoms with van der Waals surface area (Å²) in [6.07, 6.45) is 0.781. The highest BCUT2D eigenvalue weighted by molar-refractivity contribution is 7.91. The van der Waals surface area contributed by atoms with E-state index in [1.807, 2.05) is 18.2 Å². The van der Waals surface area contributed by atoms with Gasteiger partial charge >= 0.3 is 0 Å². The molecule has 152 valence electrons. The van der Waals surface area contributed by atoms with Crippen LogP contribution < -0.4 is 24.8 Å². The summed E-state index contributed by atoms with van der Waals surface area (Å²) in [5.41, 5.74) is 1.12. The van der Waals surface area contributed by atoms with Crippen LogP contribution in [0.5, 0.6) is 11.5 Å². The van der Waals surface area contributed by atoms with Gasteiger partial charge in [-0.25, -0.2) is 13.1 Å². The largest absolute Gasteiger partial charge is 0.454 e. The Balaban J connectivity index is 1.38. The number of ether oxygens (including phenoxy) is 2. The van der Waals surface area contributed by atoms with Crippen molar-refractivity contribution in [3.8, 4) is 11.5 Å². The van der Waals surface area contributed by atoms with Crippen LogP contribution in [-0.2, 0) is 16.4 Å². The second-order valence-corrected chi connectivity index (χ2v) is 9.53. The summed E-state index contributed by atoms with van der Waals surface area (Å²) in [4.78, 5) is 4.13. The molecule has 8 nitrogen and oxygen atoms in total. The Morgan fingerprint density at radius 2 is 1.93 bits per heavy atom. The highest BCUT2D eigenvalue weighted by Crippen LogP contribution is 2.32. The van der Waals surface area contributed by atoms with Crippen LogP contribution in [0.4, 0.5) is 0 Å². The number of fused-ring (bicyclic) bond motifs is 1. The first-order valence-electron chi connectivity index (χ1n) is 8.56. The molecule has 0 spiro atoms. The summed E-state index contributed by atoms with van der Waals surface area (Å²) in [5.74, 6) is 2.12. The maximum atomic E-state index is 12.1. The lowest BCUT2D eigenvalue weighted by atomic mass is 10.1. The van der Waals surface area contributed by atoms with E-state index in [1.165, 1.54) is 6.07 Å². The quantitative estimate of drug-likeness (QED) is 0.326. The molecule has 3 rings (SSSR count). The number of hydrogen-bond donors (Lipinski definition) is 3. The van der Waals surface area contributed by atoms with Gasteiger partial charge in [0.2, 0.25) is 16.8 Å². The van der Waals surface area contributed by atoms with Gasteiger partial charge in [0, 0.05) is 26.7 Å². The molecule has 2 heterocycles. The van der Waals surface area contributed by atoms with Gasteiger partial charge in [-0.3, -0.25) is 4.99 Å². The topological polar surface area (TPSA) is 101 Å². The van der Waals surface area contributed by atoms with Crippen LogP contribution in [0, 0.1) is 0 Å². The lowest BCUT2D eigenvalue weighted by molar-refractivity contribution is 0.174. The van der Waals surface area contributed by atoms with Crippen molar-refractivity contribution in [1.29, 1.82) is 0 Å². The second kappa shape index (κ2) is 9.46. The van der Waals surface area contributed by atoms with Gasteiger partial charge in [-0.2, -0.15) is 0 Å². The SMILES string of the molecule is CN=C(NCCNS(=O)(=O)c1ccc(Cl)s1)NCCc1ccc2c(c1)OCO2. The predicted octanol–water partition coefficient (Wildman–Crippen LogP) is 1.82. The van der Waals surface area contributed by atoms with Crippen molar-refractivity contribution in [2.24, 2.45) is 4.99 Å². The fraction of sp³-hybridized carbons (Fsp3) is 0.353. The molecule has 0 saturated heterocycles. The summed E-state index contributed by atoms with van der Waals surface area (Å²) >= 11 is 6.81. The third-order valence-electron chi connectivity index (χ3n) is 3.89. The third-order valence-corrected chi connectivity index (χ3v) is 7.07. The van der Waals surface area contributed by atoms with Gasteiger partial charge in [0.15, 0.2) is 17.5 Å². The Labute approximate surface area is 173 Å². The molecule has 11 heteroatoms. The Bertz CT molecular complexity index is 946. The van der Waals surface area contributed by atoms with Gasteiger partial charge in [0.25, 0.3) is 0 Å². The van der Waals surface area contributed by atoms with Crippen molar-refractivity contribution >= 4 is 38.9 Å². The van der Waals surface area contributed by atoms with E-state index in [1.54, 1.807) is 13.1 Å². The van der Waals surface area contributed by atoms with Crippen LogP contribution in [0.25, 0.3) is 0 Å². The predicted molar refractivity (Wildman–Crippen MR) is 110 cm³/mol. The molecule has 0 fully saturated rings. The van der Waals surface area contributed by atoms with Crippen LogP contribution in [0.2, 0.25) is 4.34 Å². The number of nitrogens with zero attached hydrogens (tertiary/aromatic N) is 1. The fourth-order valence-electron chi connectivity index (χ4n) is 2.52. The van der Waals surface area contributed by atoms with Crippen LogP contribution >= 0.6 is 22.9 Å². The van der Waals surface area contributed by atoms with Crippen molar-refractivity contribution in [2.45, 2.75) is 10.6 Å². The lowest BCUT2D eigenvalue weighted by Crippen LogP contribution is -2.42. The number of thiophene rings is 1. The first-order valence-corrected chi connectivity index (χ1v) is 11.2. The van der Waals surface area contributed by atoms with E-state index in [2.05, 4.69) is 20.3 Å². The van der Waals surface area contributed by atoms with E-state index in [9.17, 15) is 8.42 Å². The van der Waals surface area contributed by atoms with E-state index >= 15 is 0 Å². The van der Waals surface area contributed by atoms with Crippen LogP contribution in [0.3, 0.4) is 0 Å². The molecule has 0 radical (unpaired) electrons. The van der Waals surface area contributed by atoms with Crippen molar-refractivity contribution < 1.29 is 17.9 Å². The Morgan fingerprint density at radius 3 is 2.68 bits per heavy atom. The fourth-order valence-corrected chi connectivity index (χ4v) is 5.08. The monoisotopic (exact) mass is 444 g/mol. The molecular formula is C17H21ClN4O4S2. The molecule has 1 aliphatic heterocycles. The first kappa shape index (κ1) is 20.7. The number of aliphatic imine (C=N–C) groups is 1. The van der Waals surface area contributed by atoms with Gasteiger partial charge in [0.05, 0.1) is 4.34 Å². The number of sulfonamides is 1. The molecule has 3 N–H and O–H groups in total. The zero-order chi connectivity index (χ0) is 20.0. The summed E-state index contributed by atoms with van der Waals surface area (Å²) < 4.78 is 38.1. The Hall–Kier alpha value is -2.01. The molecule has 2 aromatic rings. The summed E-state index contributed by atoms with van der Waals surface area (Å²) in [6, 6.07) is 8.91. The number of rotatable bonds is 8. The zero-order valence-corrected chi connectivity index (χ0v) is 17.6. The Morgan fingerprint density at radius 1 is 1.14 bits per heavy atom. The Kier molecular flexibility index (Phi) is 7.00. The van der Waals surface area contributed by atoms with Crippen molar-refractivity contribution in [1.82, 2.24) is 15.4 Å². The zero-order valence-electron chi connectivity index (χ0n) is 15.2. The molecular weight excluding hydrogens is 424 g/mol. The van der Waals surface area contributed by atoms with Crippen LogP contribution in [0.1, 0.15) is 5.56 Å². The average Bonchev–Trinajstić information content (AvgIpc) is 3.32. The minimum absolute atomic E-state index is 0.198. The van der Waals surface area contributed by atoms with E-state index in [0.717, 1.165) is 34.8 Å². The van der Waals surface area contributed by atoms with Crippen molar-refractivity contribution in [3.05, 3.63) is 40.2 Å². The smallest absolute Gasteiger partial charge is 0.250 e. The third kappa shape index (κ3) is 5.51. The van der Waals surface area contributed by atoms with E-state index in [-0.39, 0.29) is 17.5 Å². The van der Waals surface area contributed by atoms with Crippen molar-refractivity contribution in [2.75, 3.05) is 33.5 Å². The minimum atomic E-state index is -3.54. The molecule has 0 bridgehead atoms. The molecule has 1 aliphatic rings. The number of halogens is 1. The molecule has 0 aliphatic carbocycles. The van der Waals surface area contributed by atoms with Crippen LogP contribution in [-0.4, -0.2) is 47.9 Å². The van der Waals surface area contributed by atoms with Gasteiger partial charge < -0.3 is 20.1 Å². The van der Waals surface area contributed by atoms with Crippen molar-refractivity contribution in [3.63, 3.8) is 0 Å². The van der Waals surface area contributed by atoms with Gasteiger partial charge in [-0.05, 0) is 36.2 Å². The maximum absolute atomic E-state index is 12.1. The number of nitrogens with one attached hydrogen (secondary N) is 3. The van der Waals surface area contributed by atoms with Gasteiger partial charge in [0.1, 0.15) is 4.21 Å². The van der Waals surface area contributed by atoms with E-state index in [4.69, 9.17) is 21.1 Å². The number of benzene rings is 1. The highest BCUT2D eigenvalue weighted by atomic mass is 35.5.